The fourth-order valence-electron chi connectivity index (χ4n) is 3.18. The van der Waals surface area contributed by atoms with Crippen LogP contribution in [0.4, 0.5) is 13.2 Å². The van der Waals surface area contributed by atoms with E-state index in [0.717, 1.165) is 18.3 Å². The number of rotatable bonds is 6. The number of aromatic amines is 1. The maximum atomic E-state index is 12.8. The molecule has 2 aromatic rings. The van der Waals surface area contributed by atoms with Gasteiger partial charge in [-0.15, -0.1) is 0 Å². The summed E-state index contributed by atoms with van der Waals surface area (Å²) in [4.78, 5) is 18.5. The van der Waals surface area contributed by atoms with Gasteiger partial charge in [-0.3, -0.25) is 4.98 Å². The molecule has 1 aliphatic rings. The number of carbonyl (C=O) groups excluding carboxylic acids is 1. The highest BCUT2D eigenvalue weighted by Gasteiger charge is 2.37. The van der Waals surface area contributed by atoms with Gasteiger partial charge in [0.2, 0.25) is 0 Å². The van der Waals surface area contributed by atoms with E-state index in [4.69, 9.17) is 4.74 Å². The monoisotopic (exact) mass is 431 g/mol. The van der Waals surface area contributed by atoms with Gasteiger partial charge >= 0.3 is 12.1 Å². The van der Waals surface area contributed by atoms with Crippen LogP contribution >= 0.6 is 0 Å². The predicted molar refractivity (Wildman–Crippen MR) is 96.8 cm³/mol. The number of nitrogens with zero attached hydrogens (tertiary/aromatic N) is 1. The Morgan fingerprint density at radius 1 is 1.34 bits per heavy atom. The van der Waals surface area contributed by atoms with E-state index in [2.05, 4.69) is 14.7 Å². The molecular weight excluding hydrogens is 411 g/mol. The zero-order valence-electron chi connectivity index (χ0n) is 15.7. The summed E-state index contributed by atoms with van der Waals surface area (Å²) in [5, 5.41) is -0.168. The van der Waals surface area contributed by atoms with Crippen LogP contribution in [0.5, 0.6) is 0 Å². The van der Waals surface area contributed by atoms with Crippen molar-refractivity contribution < 1.29 is 31.1 Å². The second-order valence-corrected chi connectivity index (χ2v) is 8.53. The molecule has 0 amide bonds. The van der Waals surface area contributed by atoms with Gasteiger partial charge in [-0.1, -0.05) is 0 Å². The first-order chi connectivity index (χ1) is 13.5. The number of pyridine rings is 1. The van der Waals surface area contributed by atoms with Crippen LogP contribution in [-0.4, -0.2) is 37.0 Å². The fraction of sp³-hybridized carbons (Fsp3) is 0.444. The average molecular weight is 431 g/mol. The van der Waals surface area contributed by atoms with E-state index in [9.17, 15) is 26.4 Å². The van der Waals surface area contributed by atoms with Crippen molar-refractivity contribution in [1.82, 2.24) is 14.7 Å². The zero-order valence-corrected chi connectivity index (χ0v) is 16.5. The van der Waals surface area contributed by atoms with Gasteiger partial charge in [0.1, 0.15) is 5.03 Å². The number of esters is 1. The van der Waals surface area contributed by atoms with E-state index in [1.54, 1.807) is 13.8 Å². The van der Waals surface area contributed by atoms with E-state index >= 15 is 0 Å². The van der Waals surface area contributed by atoms with Crippen LogP contribution in [0.15, 0.2) is 29.4 Å². The van der Waals surface area contributed by atoms with Crippen LogP contribution < -0.4 is 4.72 Å². The minimum Gasteiger partial charge on any atom is -0.462 e. The van der Waals surface area contributed by atoms with Gasteiger partial charge in [-0.05, 0) is 44.9 Å². The molecule has 158 valence electrons. The highest BCUT2D eigenvalue weighted by Crippen LogP contribution is 2.38. The lowest BCUT2D eigenvalue weighted by Gasteiger charge is -2.35. The van der Waals surface area contributed by atoms with Gasteiger partial charge in [0.05, 0.1) is 17.7 Å². The highest BCUT2D eigenvalue weighted by atomic mass is 32.2. The summed E-state index contributed by atoms with van der Waals surface area (Å²) in [6, 6.07) is 2.67. The predicted octanol–water partition coefficient (Wildman–Crippen LogP) is 3.14. The smallest absolute Gasteiger partial charge is 0.416 e. The lowest BCUT2D eigenvalue weighted by atomic mass is 9.78. The number of hydrogen-bond donors (Lipinski definition) is 2. The van der Waals surface area contributed by atoms with Crippen LogP contribution in [0.25, 0.3) is 0 Å². The number of carbonyl (C=O) groups is 1. The van der Waals surface area contributed by atoms with Crippen LogP contribution in [0, 0.1) is 6.92 Å². The number of sulfonamides is 1. The van der Waals surface area contributed by atoms with Crippen molar-refractivity contribution in [2.45, 2.75) is 49.9 Å². The molecule has 1 saturated carbocycles. The van der Waals surface area contributed by atoms with Crippen molar-refractivity contribution in [3.63, 3.8) is 0 Å². The molecule has 1 fully saturated rings. The van der Waals surface area contributed by atoms with Crippen LogP contribution in [0.3, 0.4) is 0 Å². The van der Waals surface area contributed by atoms with Crippen LogP contribution in [0.1, 0.15) is 53.0 Å². The summed E-state index contributed by atoms with van der Waals surface area (Å²) in [6.45, 7) is 3.37. The quantitative estimate of drug-likeness (QED) is 0.685. The largest absolute Gasteiger partial charge is 0.462 e. The van der Waals surface area contributed by atoms with E-state index in [1.165, 1.54) is 6.07 Å². The summed E-state index contributed by atoms with van der Waals surface area (Å²) in [5.41, 5.74) is 0.00540. The number of aromatic nitrogens is 2. The highest BCUT2D eigenvalue weighted by molar-refractivity contribution is 7.89. The van der Waals surface area contributed by atoms with Gasteiger partial charge in [-0.25, -0.2) is 17.9 Å². The number of alkyl halides is 3. The molecule has 2 aromatic heterocycles. The number of halogens is 3. The first kappa shape index (κ1) is 21.3. The lowest BCUT2D eigenvalue weighted by Crippen LogP contribution is -2.43. The third kappa shape index (κ3) is 4.61. The Bertz CT molecular complexity index is 1010. The molecule has 0 saturated heterocycles. The Morgan fingerprint density at radius 3 is 2.66 bits per heavy atom. The molecule has 29 heavy (non-hydrogen) atoms. The number of H-pyrrole nitrogens is 1. The summed E-state index contributed by atoms with van der Waals surface area (Å²) < 4.78 is 71.0. The number of aryl methyl sites for hydroxylation is 1. The second-order valence-electron chi connectivity index (χ2n) is 6.85. The molecule has 0 aromatic carbocycles. The first-order valence-corrected chi connectivity index (χ1v) is 10.4. The van der Waals surface area contributed by atoms with E-state index in [-0.39, 0.29) is 28.8 Å². The van der Waals surface area contributed by atoms with Gasteiger partial charge in [0.15, 0.2) is 0 Å². The molecule has 7 nitrogen and oxygen atoms in total. The Hall–Kier alpha value is -2.40. The van der Waals surface area contributed by atoms with Gasteiger partial charge in [0, 0.05) is 29.5 Å². The third-order valence-corrected chi connectivity index (χ3v) is 6.20. The molecule has 0 bridgehead atoms. The van der Waals surface area contributed by atoms with Gasteiger partial charge in [-0.2, -0.15) is 13.2 Å². The van der Waals surface area contributed by atoms with Crippen molar-refractivity contribution >= 4 is 16.0 Å². The molecular formula is C18H20F3N3O4S. The normalized spacial score (nSPS) is 19.6. The molecule has 11 heteroatoms. The Morgan fingerprint density at radius 2 is 2.03 bits per heavy atom. The van der Waals surface area contributed by atoms with Gasteiger partial charge < -0.3 is 9.72 Å². The second kappa shape index (κ2) is 7.79. The standard InChI is InChI=1S/C18H20F3N3O4S/c1-3-28-17(25)14-9-16(23-10(14)2)29(26,27)24-13-6-11(7-13)15-8-12(4-5-22-15)18(19,20)21/h4-5,8-9,11,13,23-24H,3,6-7H2,1-2H3/t11-,13-. The molecule has 2 heterocycles. The Kier molecular flexibility index (Phi) is 5.72. The van der Waals surface area contributed by atoms with Crippen molar-refractivity contribution in [2.24, 2.45) is 0 Å². The van der Waals surface area contributed by atoms with E-state index in [0.29, 0.717) is 18.5 Å². The summed E-state index contributed by atoms with van der Waals surface area (Å²) in [6.07, 6.45) is -2.69. The zero-order chi connectivity index (χ0) is 21.4. The maximum absolute atomic E-state index is 12.8. The van der Waals surface area contributed by atoms with Crippen molar-refractivity contribution in [1.29, 1.82) is 0 Å². The molecule has 1 aliphatic carbocycles. The van der Waals surface area contributed by atoms with E-state index in [1.807, 2.05) is 0 Å². The minimum absolute atomic E-state index is 0.131. The Balaban J connectivity index is 1.65. The minimum atomic E-state index is -4.45. The maximum Gasteiger partial charge on any atom is 0.416 e. The third-order valence-electron chi connectivity index (χ3n) is 4.76. The Labute approximate surface area is 165 Å². The summed E-state index contributed by atoms with van der Waals surface area (Å²) in [7, 11) is -3.92. The molecule has 2 N–H and O–H groups in total. The van der Waals surface area contributed by atoms with Crippen molar-refractivity contribution in [2.75, 3.05) is 6.61 Å². The van der Waals surface area contributed by atoms with E-state index < -0.39 is 33.8 Å². The molecule has 0 unspecified atom stereocenters. The summed E-state index contributed by atoms with van der Waals surface area (Å²) in [5.74, 6) is -0.882. The number of hydrogen-bond acceptors (Lipinski definition) is 5. The van der Waals surface area contributed by atoms with Crippen LogP contribution in [0.2, 0.25) is 0 Å². The molecule has 0 spiro atoms. The fourth-order valence-corrected chi connectivity index (χ4v) is 4.50. The SMILES string of the molecule is CCOC(=O)c1cc(S(=O)(=O)N[C@H]2C[C@H](c3cc(C(F)(F)F)ccn3)C2)[nH]c1C. The van der Waals surface area contributed by atoms with Crippen molar-refractivity contribution in [3.8, 4) is 0 Å². The molecule has 0 aliphatic heterocycles. The molecule has 0 atom stereocenters. The molecule has 3 rings (SSSR count). The first-order valence-electron chi connectivity index (χ1n) is 8.93. The van der Waals surface area contributed by atoms with Crippen molar-refractivity contribution in [3.05, 3.63) is 46.9 Å². The summed E-state index contributed by atoms with van der Waals surface area (Å²) >= 11 is 0. The topological polar surface area (TPSA) is 101 Å². The van der Waals surface area contributed by atoms with Gasteiger partial charge in [0.25, 0.3) is 10.0 Å². The number of nitrogens with one attached hydrogen (secondary N) is 2. The lowest BCUT2D eigenvalue weighted by molar-refractivity contribution is -0.137. The average Bonchev–Trinajstić information content (AvgIpc) is 3.00. The van der Waals surface area contributed by atoms with Crippen LogP contribution in [-0.2, 0) is 20.9 Å². The molecule has 0 radical (unpaired) electrons. The number of ether oxygens (including phenoxy) is 1.